The zero-order chi connectivity index (χ0) is 18.1. The van der Waals surface area contributed by atoms with Crippen molar-refractivity contribution >= 4 is 40.9 Å². The Hall–Kier alpha value is -1.98. The Bertz CT molecular complexity index is 840. The predicted molar refractivity (Wildman–Crippen MR) is 105 cm³/mol. The number of likely N-dealkylation sites (tertiary alicyclic amines) is 1. The molecule has 0 bridgehead atoms. The second-order valence-electron chi connectivity index (χ2n) is 6.60. The van der Waals surface area contributed by atoms with E-state index in [4.69, 9.17) is 11.6 Å². The molecule has 26 heavy (non-hydrogen) atoms. The van der Waals surface area contributed by atoms with Crippen molar-refractivity contribution in [1.29, 1.82) is 0 Å². The zero-order valence-corrected chi connectivity index (χ0v) is 15.8. The van der Waals surface area contributed by atoms with Crippen molar-refractivity contribution in [3.05, 3.63) is 58.6 Å². The molecule has 1 atom stereocenters. The van der Waals surface area contributed by atoms with Crippen LogP contribution in [0.15, 0.2) is 47.4 Å². The lowest BCUT2D eigenvalue weighted by molar-refractivity contribution is -0.115. The molecule has 2 aliphatic heterocycles. The third-order valence-electron chi connectivity index (χ3n) is 4.80. The number of nitrogens with zero attached hydrogens (tertiary/aromatic N) is 1. The van der Waals surface area contributed by atoms with E-state index in [-0.39, 0.29) is 17.1 Å². The number of halogens is 1. The quantitative estimate of drug-likeness (QED) is 0.858. The first-order chi connectivity index (χ1) is 12.6. The molecule has 0 radical (unpaired) electrons. The van der Waals surface area contributed by atoms with Gasteiger partial charge in [0.15, 0.2) is 0 Å². The number of hydrogen-bond acceptors (Lipinski definition) is 3. The summed E-state index contributed by atoms with van der Waals surface area (Å²) in [5.74, 6) is -0.147. The molecule has 0 spiro atoms. The smallest absolute Gasteiger partial charge is 0.256 e. The summed E-state index contributed by atoms with van der Waals surface area (Å²) < 4.78 is 0. The monoisotopic (exact) mass is 386 g/mol. The number of benzene rings is 2. The number of hydrogen-bond donors (Lipinski definition) is 1. The van der Waals surface area contributed by atoms with Gasteiger partial charge >= 0.3 is 0 Å². The van der Waals surface area contributed by atoms with Crippen LogP contribution in [0.1, 0.15) is 28.8 Å². The lowest BCUT2D eigenvalue weighted by atomic mass is 10.1. The topological polar surface area (TPSA) is 49.4 Å². The zero-order valence-electron chi connectivity index (χ0n) is 14.2. The molecule has 4 nitrogen and oxygen atoms in total. The van der Waals surface area contributed by atoms with E-state index in [0.717, 1.165) is 30.8 Å². The summed E-state index contributed by atoms with van der Waals surface area (Å²) in [4.78, 5) is 28.6. The van der Waals surface area contributed by atoms with Gasteiger partial charge in [-0.15, -0.1) is 11.8 Å². The summed E-state index contributed by atoms with van der Waals surface area (Å²) >= 11 is 7.68. The standard InChI is InChI=1S/C20H19ClN2O2S/c21-14-7-8-16(15(12-14)20(25)23-9-3-4-10-23)22-19(24)18-11-13-5-1-2-6-17(13)26-18/h1-2,5-8,12,18H,3-4,9-11H2,(H,22,24). The lowest BCUT2D eigenvalue weighted by Crippen LogP contribution is -2.30. The number of anilines is 1. The molecule has 1 fully saturated rings. The largest absolute Gasteiger partial charge is 0.339 e. The fourth-order valence-electron chi connectivity index (χ4n) is 3.43. The van der Waals surface area contributed by atoms with Crippen LogP contribution < -0.4 is 5.32 Å². The summed E-state index contributed by atoms with van der Waals surface area (Å²) in [5, 5.41) is 3.26. The molecule has 4 rings (SSSR count). The molecule has 1 N–H and O–H groups in total. The number of carbonyl (C=O) groups excluding carboxylic acids is 2. The molecule has 2 amide bonds. The Morgan fingerprint density at radius 1 is 1.12 bits per heavy atom. The molecule has 2 aromatic carbocycles. The van der Waals surface area contributed by atoms with Gasteiger partial charge in [0, 0.05) is 23.0 Å². The number of fused-ring (bicyclic) bond motifs is 1. The third-order valence-corrected chi connectivity index (χ3v) is 6.36. The number of thioether (sulfide) groups is 1. The number of carbonyl (C=O) groups is 2. The maximum absolute atomic E-state index is 12.8. The summed E-state index contributed by atoms with van der Waals surface area (Å²) in [6, 6.07) is 13.1. The van der Waals surface area contributed by atoms with Crippen molar-refractivity contribution in [3.63, 3.8) is 0 Å². The summed E-state index contributed by atoms with van der Waals surface area (Å²) in [5.41, 5.74) is 2.20. The van der Waals surface area contributed by atoms with Gasteiger partial charge in [-0.1, -0.05) is 29.8 Å². The predicted octanol–water partition coefficient (Wildman–Crippen LogP) is 4.23. The van der Waals surface area contributed by atoms with E-state index in [9.17, 15) is 9.59 Å². The normalized spacial score (nSPS) is 18.7. The minimum absolute atomic E-state index is 0.0670. The van der Waals surface area contributed by atoms with E-state index in [1.165, 1.54) is 5.56 Å². The molecule has 1 saturated heterocycles. The second kappa shape index (κ2) is 7.33. The third kappa shape index (κ3) is 3.46. The van der Waals surface area contributed by atoms with Crippen LogP contribution in [0, 0.1) is 0 Å². The van der Waals surface area contributed by atoms with Crippen molar-refractivity contribution in [2.24, 2.45) is 0 Å². The van der Waals surface area contributed by atoms with Crippen LogP contribution in [-0.4, -0.2) is 35.1 Å². The SMILES string of the molecule is O=C(Nc1ccc(Cl)cc1C(=O)N1CCCC1)C1Cc2ccccc2S1. The van der Waals surface area contributed by atoms with Crippen molar-refractivity contribution in [2.45, 2.75) is 29.4 Å². The molecule has 0 aromatic heterocycles. The summed E-state index contributed by atoms with van der Waals surface area (Å²) in [7, 11) is 0. The van der Waals surface area contributed by atoms with Crippen LogP contribution in [0.4, 0.5) is 5.69 Å². The highest BCUT2D eigenvalue weighted by Gasteiger charge is 2.29. The van der Waals surface area contributed by atoms with Crippen molar-refractivity contribution < 1.29 is 9.59 Å². The minimum atomic E-state index is -0.183. The minimum Gasteiger partial charge on any atom is -0.339 e. The van der Waals surface area contributed by atoms with Crippen LogP contribution in [0.2, 0.25) is 5.02 Å². The molecular weight excluding hydrogens is 368 g/mol. The van der Waals surface area contributed by atoms with Gasteiger partial charge in [-0.25, -0.2) is 0 Å². The highest BCUT2D eigenvalue weighted by molar-refractivity contribution is 8.01. The molecule has 0 aliphatic carbocycles. The second-order valence-corrected chi connectivity index (χ2v) is 8.28. The maximum atomic E-state index is 12.8. The number of rotatable bonds is 3. The van der Waals surface area contributed by atoms with E-state index in [0.29, 0.717) is 22.7 Å². The Balaban J connectivity index is 1.53. The molecule has 2 aromatic rings. The van der Waals surface area contributed by atoms with Gasteiger partial charge in [0.1, 0.15) is 0 Å². The van der Waals surface area contributed by atoms with Crippen LogP contribution in [0.3, 0.4) is 0 Å². The molecule has 2 heterocycles. The van der Waals surface area contributed by atoms with Crippen molar-refractivity contribution in [3.8, 4) is 0 Å². The first-order valence-electron chi connectivity index (χ1n) is 8.76. The Morgan fingerprint density at radius 3 is 2.65 bits per heavy atom. The van der Waals surface area contributed by atoms with Crippen molar-refractivity contribution in [1.82, 2.24) is 4.90 Å². The summed E-state index contributed by atoms with van der Waals surface area (Å²) in [6.45, 7) is 1.51. The van der Waals surface area contributed by atoms with Gasteiger partial charge in [0.05, 0.1) is 16.5 Å². The molecule has 6 heteroatoms. The fourth-order valence-corrected chi connectivity index (χ4v) is 4.80. The van der Waals surface area contributed by atoms with Crippen LogP contribution in [0.5, 0.6) is 0 Å². The molecule has 2 aliphatic rings. The first kappa shape index (κ1) is 17.4. The van der Waals surface area contributed by atoms with Gasteiger partial charge in [0.25, 0.3) is 5.91 Å². The average Bonchev–Trinajstić information content (AvgIpc) is 3.32. The van der Waals surface area contributed by atoms with Gasteiger partial charge < -0.3 is 10.2 Å². The Labute approximate surface area is 161 Å². The van der Waals surface area contributed by atoms with E-state index < -0.39 is 0 Å². The van der Waals surface area contributed by atoms with Gasteiger partial charge in [-0.3, -0.25) is 9.59 Å². The lowest BCUT2D eigenvalue weighted by Gasteiger charge is -2.19. The highest BCUT2D eigenvalue weighted by Crippen LogP contribution is 2.37. The average molecular weight is 387 g/mol. The summed E-state index contributed by atoms with van der Waals surface area (Å²) in [6.07, 6.45) is 2.74. The Morgan fingerprint density at radius 2 is 1.88 bits per heavy atom. The van der Waals surface area contributed by atoms with Gasteiger partial charge in [0.2, 0.25) is 5.91 Å². The molecule has 0 saturated carbocycles. The molecule has 1 unspecified atom stereocenters. The fraction of sp³-hybridized carbons (Fsp3) is 0.300. The van der Waals surface area contributed by atoms with Crippen LogP contribution in [-0.2, 0) is 11.2 Å². The van der Waals surface area contributed by atoms with Crippen LogP contribution in [0.25, 0.3) is 0 Å². The Kier molecular flexibility index (Phi) is 4.92. The van der Waals surface area contributed by atoms with E-state index in [1.807, 2.05) is 23.1 Å². The number of nitrogens with one attached hydrogen (secondary N) is 1. The van der Waals surface area contributed by atoms with Gasteiger partial charge in [-0.2, -0.15) is 0 Å². The number of amides is 2. The maximum Gasteiger partial charge on any atom is 0.256 e. The van der Waals surface area contributed by atoms with Gasteiger partial charge in [-0.05, 0) is 49.1 Å². The van der Waals surface area contributed by atoms with E-state index in [2.05, 4.69) is 11.4 Å². The molecule has 134 valence electrons. The van der Waals surface area contributed by atoms with Crippen molar-refractivity contribution in [2.75, 3.05) is 18.4 Å². The van der Waals surface area contributed by atoms with E-state index in [1.54, 1.807) is 30.0 Å². The highest BCUT2D eigenvalue weighted by atomic mass is 35.5. The van der Waals surface area contributed by atoms with Crippen LogP contribution >= 0.6 is 23.4 Å². The van der Waals surface area contributed by atoms with E-state index >= 15 is 0 Å². The molecular formula is C20H19ClN2O2S. The first-order valence-corrected chi connectivity index (χ1v) is 10.0.